The van der Waals surface area contributed by atoms with Crippen molar-refractivity contribution in [2.24, 2.45) is 0 Å². The molecule has 3 nitrogen and oxygen atoms in total. The number of benzene rings is 2. The van der Waals surface area contributed by atoms with E-state index in [4.69, 9.17) is 4.98 Å². The Hall–Kier alpha value is -1.94. The summed E-state index contributed by atoms with van der Waals surface area (Å²) in [5.41, 5.74) is 3.13. The van der Waals surface area contributed by atoms with E-state index >= 15 is 0 Å². The van der Waals surface area contributed by atoms with Gasteiger partial charge in [-0.1, -0.05) is 58.4 Å². The van der Waals surface area contributed by atoms with Crippen LogP contribution in [0.15, 0.2) is 60.8 Å². The summed E-state index contributed by atoms with van der Waals surface area (Å²) in [5.74, 6) is 0.914. The second kappa shape index (κ2) is 6.68. The van der Waals surface area contributed by atoms with Crippen molar-refractivity contribution in [2.45, 2.75) is 6.54 Å². The molecule has 0 aliphatic heterocycles. The van der Waals surface area contributed by atoms with Crippen LogP contribution in [-0.4, -0.2) is 21.8 Å². The SMILES string of the molecule is BrCCN(Cc1ccccc1)c1cnc2ccccc2n1. The molecule has 1 heterocycles. The summed E-state index contributed by atoms with van der Waals surface area (Å²) in [7, 11) is 0. The van der Waals surface area contributed by atoms with Crippen molar-refractivity contribution in [3.8, 4) is 0 Å². The van der Waals surface area contributed by atoms with Gasteiger partial charge in [0, 0.05) is 18.4 Å². The van der Waals surface area contributed by atoms with Crippen molar-refractivity contribution in [2.75, 3.05) is 16.8 Å². The van der Waals surface area contributed by atoms with Gasteiger partial charge in [-0.3, -0.25) is 4.98 Å². The molecule has 0 radical (unpaired) electrons. The lowest BCUT2D eigenvalue weighted by atomic mass is 10.2. The average Bonchev–Trinajstić information content (AvgIpc) is 2.55. The summed E-state index contributed by atoms with van der Waals surface area (Å²) in [6.07, 6.45) is 1.86. The zero-order chi connectivity index (χ0) is 14.5. The van der Waals surface area contributed by atoms with Crippen LogP contribution in [0.5, 0.6) is 0 Å². The number of para-hydroxylation sites is 2. The number of aromatic nitrogens is 2. The van der Waals surface area contributed by atoms with Crippen LogP contribution in [0.4, 0.5) is 5.82 Å². The fourth-order valence-corrected chi connectivity index (χ4v) is 2.71. The highest BCUT2D eigenvalue weighted by Gasteiger charge is 2.09. The molecule has 0 saturated carbocycles. The van der Waals surface area contributed by atoms with Gasteiger partial charge in [-0.25, -0.2) is 4.98 Å². The van der Waals surface area contributed by atoms with Crippen LogP contribution in [0, 0.1) is 0 Å². The van der Waals surface area contributed by atoms with Crippen LogP contribution < -0.4 is 4.90 Å². The van der Waals surface area contributed by atoms with Crippen LogP contribution in [0.25, 0.3) is 11.0 Å². The fourth-order valence-electron chi connectivity index (χ4n) is 2.28. The molecule has 3 aromatic rings. The highest BCUT2D eigenvalue weighted by atomic mass is 79.9. The maximum Gasteiger partial charge on any atom is 0.148 e. The van der Waals surface area contributed by atoms with Crippen LogP contribution in [-0.2, 0) is 6.54 Å². The van der Waals surface area contributed by atoms with E-state index in [0.29, 0.717) is 0 Å². The van der Waals surface area contributed by atoms with Crippen molar-refractivity contribution in [3.63, 3.8) is 0 Å². The predicted octanol–water partition coefficient (Wildman–Crippen LogP) is 4.03. The Balaban J connectivity index is 1.91. The maximum atomic E-state index is 4.73. The van der Waals surface area contributed by atoms with E-state index in [1.165, 1.54) is 5.56 Å². The maximum absolute atomic E-state index is 4.73. The molecule has 0 unspecified atom stereocenters. The first-order valence-electron chi connectivity index (χ1n) is 6.93. The largest absolute Gasteiger partial charge is 0.350 e. The normalized spacial score (nSPS) is 10.7. The second-order valence-corrected chi connectivity index (χ2v) is 5.61. The Bertz CT molecular complexity index is 715. The lowest BCUT2D eigenvalue weighted by Gasteiger charge is -2.22. The molecule has 0 saturated heterocycles. The van der Waals surface area contributed by atoms with Gasteiger partial charge in [0.2, 0.25) is 0 Å². The van der Waals surface area contributed by atoms with Gasteiger partial charge in [0.1, 0.15) is 5.82 Å². The van der Waals surface area contributed by atoms with Gasteiger partial charge in [0.05, 0.1) is 17.2 Å². The summed E-state index contributed by atoms with van der Waals surface area (Å²) in [4.78, 5) is 11.5. The quantitative estimate of drug-likeness (QED) is 0.656. The molecule has 0 fully saturated rings. The Morgan fingerprint density at radius 3 is 2.38 bits per heavy atom. The van der Waals surface area contributed by atoms with Crippen molar-refractivity contribution in [1.82, 2.24) is 9.97 Å². The molecular formula is C17H16BrN3. The topological polar surface area (TPSA) is 29.0 Å². The molecule has 3 rings (SSSR count). The Morgan fingerprint density at radius 1 is 0.905 bits per heavy atom. The number of rotatable bonds is 5. The standard InChI is InChI=1S/C17H16BrN3/c18-10-11-21(13-14-6-2-1-3-7-14)17-12-19-15-8-4-5-9-16(15)20-17/h1-9,12H,10-11,13H2. The molecule has 0 aliphatic rings. The molecule has 1 aromatic heterocycles. The van der Waals surface area contributed by atoms with Crippen molar-refractivity contribution in [1.29, 1.82) is 0 Å². The zero-order valence-corrected chi connectivity index (χ0v) is 13.2. The minimum atomic E-state index is 0.833. The number of nitrogens with zero attached hydrogens (tertiary/aromatic N) is 3. The summed E-state index contributed by atoms with van der Waals surface area (Å²) in [5, 5.41) is 0.897. The molecule has 0 amide bonds. The van der Waals surface area contributed by atoms with Crippen LogP contribution in [0.1, 0.15) is 5.56 Å². The third-order valence-electron chi connectivity index (χ3n) is 3.33. The lowest BCUT2D eigenvalue weighted by Crippen LogP contribution is -2.25. The van der Waals surface area contributed by atoms with Crippen molar-refractivity contribution in [3.05, 3.63) is 66.4 Å². The smallest absolute Gasteiger partial charge is 0.148 e. The number of fused-ring (bicyclic) bond motifs is 1. The van der Waals surface area contributed by atoms with E-state index < -0.39 is 0 Å². The van der Waals surface area contributed by atoms with Crippen molar-refractivity contribution < 1.29 is 0 Å². The first-order chi connectivity index (χ1) is 10.4. The highest BCUT2D eigenvalue weighted by Crippen LogP contribution is 2.17. The molecule has 106 valence electrons. The lowest BCUT2D eigenvalue weighted by molar-refractivity contribution is 0.821. The molecule has 0 N–H and O–H groups in total. The second-order valence-electron chi connectivity index (χ2n) is 4.81. The molecule has 0 bridgehead atoms. The van der Waals surface area contributed by atoms with Crippen LogP contribution in [0.3, 0.4) is 0 Å². The van der Waals surface area contributed by atoms with Crippen LogP contribution >= 0.6 is 15.9 Å². The van der Waals surface area contributed by atoms with Gasteiger partial charge in [-0.2, -0.15) is 0 Å². The third-order valence-corrected chi connectivity index (χ3v) is 3.69. The minimum Gasteiger partial charge on any atom is -0.350 e. The number of hydrogen-bond acceptors (Lipinski definition) is 3. The average molecular weight is 342 g/mol. The summed E-state index contributed by atoms with van der Waals surface area (Å²) in [6, 6.07) is 18.4. The van der Waals surface area contributed by atoms with E-state index in [-0.39, 0.29) is 0 Å². The fraction of sp³-hybridized carbons (Fsp3) is 0.176. The summed E-state index contributed by atoms with van der Waals surface area (Å²) in [6.45, 7) is 1.72. The molecule has 2 aromatic carbocycles. The van der Waals surface area contributed by atoms with Gasteiger partial charge in [-0.15, -0.1) is 0 Å². The molecule has 0 aliphatic carbocycles. The Kier molecular flexibility index (Phi) is 4.46. The molecule has 0 spiro atoms. The Labute approximate surface area is 132 Å². The third kappa shape index (κ3) is 3.39. The van der Waals surface area contributed by atoms with E-state index in [0.717, 1.165) is 35.3 Å². The number of alkyl halides is 1. The van der Waals surface area contributed by atoms with Gasteiger partial charge in [0.15, 0.2) is 0 Å². The van der Waals surface area contributed by atoms with E-state index in [9.17, 15) is 0 Å². The summed E-state index contributed by atoms with van der Waals surface area (Å²) >= 11 is 3.52. The van der Waals surface area contributed by atoms with Gasteiger partial charge in [0.25, 0.3) is 0 Å². The minimum absolute atomic E-state index is 0.833. The van der Waals surface area contributed by atoms with E-state index in [1.807, 2.05) is 36.5 Å². The van der Waals surface area contributed by atoms with E-state index in [2.05, 4.69) is 50.1 Å². The van der Waals surface area contributed by atoms with Crippen LogP contribution in [0.2, 0.25) is 0 Å². The molecule has 0 atom stereocenters. The van der Waals surface area contributed by atoms with Crippen molar-refractivity contribution >= 4 is 32.8 Å². The zero-order valence-electron chi connectivity index (χ0n) is 11.6. The van der Waals surface area contributed by atoms with Gasteiger partial charge < -0.3 is 4.90 Å². The number of anilines is 1. The monoisotopic (exact) mass is 341 g/mol. The van der Waals surface area contributed by atoms with E-state index in [1.54, 1.807) is 0 Å². The summed E-state index contributed by atoms with van der Waals surface area (Å²) < 4.78 is 0. The van der Waals surface area contributed by atoms with Gasteiger partial charge in [-0.05, 0) is 17.7 Å². The number of halogens is 1. The predicted molar refractivity (Wildman–Crippen MR) is 90.8 cm³/mol. The Morgan fingerprint density at radius 2 is 1.62 bits per heavy atom. The highest BCUT2D eigenvalue weighted by molar-refractivity contribution is 9.09. The first-order valence-corrected chi connectivity index (χ1v) is 8.05. The molecule has 21 heavy (non-hydrogen) atoms. The molecule has 4 heteroatoms. The van der Waals surface area contributed by atoms with Gasteiger partial charge >= 0.3 is 0 Å². The molecular weight excluding hydrogens is 326 g/mol. The first kappa shape index (κ1) is 14.0. The number of hydrogen-bond donors (Lipinski definition) is 0.